The van der Waals surface area contributed by atoms with Gasteiger partial charge in [-0.3, -0.25) is 0 Å². The Hall–Kier alpha value is -1.10. The lowest BCUT2D eigenvalue weighted by molar-refractivity contribution is 0.410. The van der Waals surface area contributed by atoms with Crippen molar-refractivity contribution in [2.75, 3.05) is 0 Å². The Morgan fingerprint density at radius 2 is 2.24 bits per heavy atom. The Kier molecular flexibility index (Phi) is 4.36. The van der Waals surface area contributed by atoms with Crippen molar-refractivity contribution in [3.63, 3.8) is 0 Å². The molecule has 0 aliphatic heterocycles. The molecular weight excluding hydrogens is 232 g/mol. The lowest BCUT2D eigenvalue weighted by atomic mass is 9.96. The quantitative estimate of drug-likeness (QED) is 0.722. The molecule has 1 atom stereocenters. The highest BCUT2D eigenvalue weighted by Gasteiger charge is 2.15. The normalized spacial score (nSPS) is 18.6. The number of rotatable bonds is 3. The second kappa shape index (κ2) is 6.00. The number of nitrogens with zero attached hydrogens (tertiary/aromatic N) is 1. The van der Waals surface area contributed by atoms with Crippen LogP contribution in [0.3, 0.4) is 0 Å². The van der Waals surface area contributed by atoms with Gasteiger partial charge in [0, 0.05) is 18.4 Å². The van der Waals surface area contributed by atoms with Crippen molar-refractivity contribution in [2.24, 2.45) is 0 Å². The molecule has 2 rings (SSSR count). The van der Waals surface area contributed by atoms with Gasteiger partial charge in [0.1, 0.15) is 5.82 Å². The van der Waals surface area contributed by atoms with E-state index in [1.807, 2.05) is 13.1 Å². The SMILES string of the molecule is CC(NC(=S)NC1CCCCC1)c1ncc[nH]1. The molecule has 94 valence electrons. The van der Waals surface area contributed by atoms with Gasteiger partial charge in [0.15, 0.2) is 5.11 Å². The number of imidazole rings is 1. The number of nitrogens with one attached hydrogen (secondary N) is 3. The van der Waals surface area contributed by atoms with E-state index in [9.17, 15) is 0 Å². The maximum absolute atomic E-state index is 5.32. The fourth-order valence-corrected chi connectivity index (χ4v) is 2.60. The van der Waals surface area contributed by atoms with Crippen LogP contribution in [0.1, 0.15) is 50.9 Å². The largest absolute Gasteiger partial charge is 0.360 e. The Bertz CT molecular complexity index is 343. The third kappa shape index (κ3) is 3.70. The zero-order valence-corrected chi connectivity index (χ0v) is 11.0. The lowest BCUT2D eigenvalue weighted by Crippen LogP contribution is -2.43. The van der Waals surface area contributed by atoms with E-state index < -0.39 is 0 Å². The van der Waals surface area contributed by atoms with Crippen LogP contribution in [-0.4, -0.2) is 21.1 Å². The summed E-state index contributed by atoms with van der Waals surface area (Å²) in [5.74, 6) is 0.915. The summed E-state index contributed by atoms with van der Waals surface area (Å²) >= 11 is 5.32. The number of aromatic nitrogens is 2. The van der Waals surface area contributed by atoms with Crippen molar-refractivity contribution >= 4 is 17.3 Å². The van der Waals surface area contributed by atoms with Gasteiger partial charge < -0.3 is 15.6 Å². The molecule has 17 heavy (non-hydrogen) atoms. The Labute approximate surface area is 108 Å². The lowest BCUT2D eigenvalue weighted by Gasteiger charge is -2.25. The van der Waals surface area contributed by atoms with Crippen molar-refractivity contribution in [3.8, 4) is 0 Å². The van der Waals surface area contributed by atoms with Crippen LogP contribution in [0.4, 0.5) is 0 Å². The highest BCUT2D eigenvalue weighted by molar-refractivity contribution is 7.80. The number of H-pyrrole nitrogens is 1. The van der Waals surface area contributed by atoms with Crippen LogP contribution >= 0.6 is 12.2 Å². The molecule has 0 amide bonds. The zero-order valence-electron chi connectivity index (χ0n) is 10.2. The Balaban J connectivity index is 1.76. The highest BCUT2D eigenvalue weighted by Crippen LogP contribution is 2.17. The Morgan fingerprint density at radius 3 is 2.88 bits per heavy atom. The molecule has 0 aromatic carbocycles. The molecule has 0 radical (unpaired) electrons. The molecule has 0 bridgehead atoms. The zero-order chi connectivity index (χ0) is 12.1. The molecule has 3 N–H and O–H groups in total. The monoisotopic (exact) mass is 252 g/mol. The molecule has 1 saturated carbocycles. The average molecular weight is 252 g/mol. The maximum Gasteiger partial charge on any atom is 0.167 e. The van der Waals surface area contributed by atoms with Gasteiger partial charge in [-0.1, -0.05) is 19.3 Å². The minimum atomic E-state index is 0.119. The molecule has 1 aliphatic rings. The molecule has 4 nitrogen and oxygen atoms in total. The first kappa shape index (κ1) is 12.4. The van der Waals surface area contributed by atoms with Gasteiger partial charge in [-0.05, 0) is 32.0 Å². The van der Waals surface area contributed by atoms with E-state index >= 15 is 0 Å². The summed E-state index contributed by atoms with van der Waals surface area (Å²) in [6, 6.07) is 0.668. The van der Waals surface area contributed by atoms with Crippen molar-refractivity contribution in [2.45, 2.75) is 51.1 Å². The standard InChI is InChI=1S/C12H20N4S/c1-9(11-13-7-8-14-11)15-12(17)16-10-5-3-2-4-6-10/h7-10H,2-6H2,1H3,(H,13,14)(H2,15,16,17). The smallest absolute Gasteiger partial charge is 0.167 e. The third-order valence-corrected chi connectivity index (χ3v) is 3.45. The predicted octanol–water partition coefficient (Wildman–Crippen LogP) is 2.27. The first-order chi connectivity index (χ1) is 8.25. The second-order valence-corrected chi connectivity index (χ2v) is 5.06. The molecule has 1 unspecified atom stereocenters. The van der Waals surface area contributed by atoms with Gasteiger partial charge in [0.2, 0.25) is 0 Å². The summed E-state index contributed by atoms with van der Waals surface area (Å²) in [7, 11) is 0. The first-order valence-corrected chi connectivity index (χ1v) is 6.73. The predicted molar refractivity (Wildman–Crippen MR) is 72.7 cm³/mol. The maximum atomic E-state index is 5.32. The van der Waals surface area contributed by atoms with Crippen molar-refractivity contribution in [1.29, 1.82) is 0 Å². The Morgan fingerprint density at radius 1 is 1.47 bits per heavy atom. The third-order valence-electron chi connectivity index (χ3n) is 3.22. The molecule has 1 aliphatic carbocycles. The summed E-state index contributed by atoms with van der Waals surface area (Å²) in [5, 5.41) is 7.38. The van der Waals surface area contributed by atoms with E-state index in [2.05, 4.69) is 20.6 Å². The fourth-order valence-electron chi connectivity index (χ4n) is 2.25. The molecule has 1 fully saturated rings. The van der Waals surface area contributed by atoms with E-state index in [4.69, 9.17) is 12.2 Å². The van der Waals surface area contributed by atoms with Crippen LogP contribution < -0.4 is 10.6 Å². The number of hydrogen-bond donors (Lipinski definition) is 3. The van der Waals surface area contributed by atoms with Gasteiger partial charge in [0.25, 0.3) is 0 Å². The minimum Gasteiger partial charge on any atom is -0.360 e. The molecule has 1 aromatic heterocycles. The van der Waals surface area contributed by atoms with Gasteiger partial charge in [0.05, 0.1) is 6.04 Å². The summed E-state index contributed by atoms with van der Waals surface area (Å²) in [6.07, 6.45) is 10.0. The van der Waals surface area contributed by atoms with Crippen LogP contribution in [0.2, 0.25) is 0 Å². The van der Waals surface area contributed by atoms with Gasteiger partial charge in [-0.15, -0.1) is 0 Å². The van der Waals surface area contributed by atoms with Gasteiger partial charge in [-0.25, -0.2) is 4.98 Å². The van der Waals surface area contributed by atoms with E-state index in [1.165, 1.54) is 32.1 Å². The summed E-state index contributed by atoms with van der Waals surface area (Å²) in [6.45, 7) is 2.05. The molecule has 5 heteroatoms. The summed E-state index contributed by atoms with van der Waals surface area (Å²) < 4.78 is 0. The van der Waals surface area contributed by atoms with E-state index in [1.54, 1.807) is 6.20 Å². The van der Waals surface area contributed by atoms with Crippen molar-refractivity contribution in [3.05, 3.63) is 18.2 Å². The number of thiocarbonyl (C=S) groups is 1. The second-order valence-electron chi connectivity index (χ2n) is 4.65. The van der Waals surface area contributed by atoms with Crippen molar-refractivity contribution < 1.29 is 0 Å². The van der Waals surface area contributed by atoms with Crippen molar-refractivity contribution in [1.82, 2.24) is 20.6 Å². The summed E-state index contributed by atoms with van der Waals surface area (Å²) in [4.78, 5) is 7.30. The first-order valence-electron chi connectivity index (χ1n) is 6.32. The van der Waals surface area contributed by atoms with E-state index in [0.717, 1.165) is 10.9 Å². The van der Waals surface area contributed by atoms with Crippen LogP contribution in [0.25, 0.3) is 0 Å². The highest BCUT2D eigenvalue weighted by atomic mass is 32.1. The molecule has 1 heterocycles. The molecule has 1 aromatic rings. The molecule has 0 saturated heterocycles. The summed E-state index contributed by atoms with van der Waals surface area (Å²) in [5.41, 5.74) is 0. The molecular formula is C12H20N4S. The van der Waals surface area contributed by atoms with Crippen LogP contribution in [0.5, 0.6) is 0 Å². The number of hydrogen-bond acceptors (Lipinski definition) is 2. The van der Waals surface area contributed by atoms with Crippen LogP contribution in [0, 0.1) is 0 Å². The minimum absolute atomic E-state index is 0.119. The van der Waals surface area contributed by atoms with Crippen LogP contribution in [0.15, 0.2) is 12.4 Å². The van der Waals surface area contributed by atoms with E-state index in [-0.39, 0.29) is 6.04 Å². The average Bonchev–Trinajstić information content (AvgIpc) is 2.83. The fraction of sp³-hybridized carbons (Fsp3) is 0.667. The topological polar surface area (TPSA) is 52.7 Å². The molecule has 0 spiro atoms. The number of aromatic amines is 1. The van der Waals surface area contributed by atoms with Gasteiger partial charge >= 0.3 is 0 Å². The van der Waals surface area contributed by atoms with E-state index in [0.29, 0.717) is 6.04 Å². The van der Waals surface area contributed by atoms with Crippen LogP contribution in [-0.2, 0) is 0 Å². The van der Waals surface area contributed by atoms with Gasteiger partial charge in [-0.2, -0.15) is 0 Å².